The molecule has 1 atom stereocenters. The molecule has 174 valence electrons. The molecule has 0 radical (unpaired) electrons. The van der Waals surface area contributed by atoms with Crippen molar-refractivity contribution in [2.24, 2.45) is 5.92 Å². The third kappa shape index (κ3) is 4.79. The summed E-state index contributed by atoms with van der Waals surface area (Å²) in [6, 6.07) is 12.1. The van der Waals surface area contributed by atoms with Crippen molar-refractivity contribution in [1.29, 1.82) is 0 Å². The smallest absolute Gasteiger partial charge is 0.243 e. The first-order valence-electron chi connectivity index (χ1n) is 12.3. The van der Waals surface area contributed by atoms with Crippen LogP contribution >= 0.6 is 11.6 Å². The van der Waals surface area contributed by atoms with Crippen molar-refractivity contribution in [3.05, 3.63) is 53.3 Å². The van der Waals surface area contributed by atoms with Gasteiger partial charge in [0.15, 0.2) is 0 Å². The predicted molar refractivity (Wildman–Crippen MR) is 131 cm³/mol. The number of hydrogen-bond acceptors (Lipinski definition) is 2. The van der Waals surface area contributed by atoms with E-state index in [4.69, 9.17) is 16.6 Å². The Morgan fingerprint density at radius 3 is 2.33 bits per heavy atom. The molecule has 0 spiro atoms. The minimum atomic E-state index is -0.367. The van der Waals surface area contributed by atoms with Crippen LogP contribution in [0.4, 0.5) is 4.39 Å². The number of imidazole rings is 1. The number of carbonyl (C=O) groups is 1. The van der Waals surface area contributed by atoms with Gasteiger partial charge in [0.05, 0.1) is 11.0 Å². The number of hydrogen-bond donors (Lipinski definition) is 1. The second-order valence-electron chi connectivity index (χ2n) is 9.63. The highest BCUT2D eigenvalue weighted by Crippen LogP contribution is 2.39. The monoisotopic (exact) mass is 467 g/mol. The molecular formula is C27H31ClFN3O. The maximum atomic E-state index is 14.1. The van der Waals surface area contributed by atoms with Crippen LogP contribution in [-0.2, 0) is 4.79 Å². The summed E-state index contributed by atoms with van der Waals surface area (Å²) < 4.78 is 16.2. The fourth-order valence-corrected chi connectivity index (χ4v) is 5.81. The third-order valence-electron chi connectivity index (χ3n) is 7.35. The van der Waals surface area contributed by atoms with E-state index in [0.717, 1.165) is 49.6 Å². The van der Waals surface area contributed by atoms with Crippen LogP contribution in [0.15, 0.2) is 42.5 Å². The molecule has 1 N–H and O–H groups in total. The highest BCUT2D eigenvalue weighted by Gasteiger charge is 2.35. The lowest BCUT2D eigenvalue weighted by molar-refractivity contribution is -0.127. The summed E-state index contributed by atoms with van der Waals surface area (Å²) in [7, 11) is 0. The maximum absolute atomic E-state index is 14.1. The van der Waals surface area contributed by atoms with Crippen LogP contribution in [0.5, 0.6) is 0 Å². The van der Waals surface area contributed by atoms with Gasteiger partial charge in [-0.25, -0.2) is 9.37 Å². The van der Waals surface area contributed by atoms with E-state index in [1.807, 2.05) is 24.3 Å². The highest BCUT2D eigenvalue weighted by molar-refractivity contribution is 6.30. The topological polar surface area (TPSA) is 46.9 Å². The molecule has 2 aromatic carbocycles. The second-order valence-corrected chi connectivity index (χ2v) is 10.1. The number of rotatable bonds is 5. The lowest BCUT2D eigenvalue weighted by Crippen LogP contribution is -2.43. The lowest BCUT2D eigenvalue weighted by atomic mass is 9.82. The Bertz CT molecular complexity index is 1110. The van der Waals surface area contributed by atoms with Crippen LogP contribution in [-0.4, -0.2) is 21.5 Å². The van der Waals surface area contributed by atoms with Gasteiger partial charge in [0.25, 0.3) is 0 Å². The summed E-state index contributed by atoms with van der Waals surface area (Å²) in [5, 5.41) is 4.03. The van der Waals surface area contributed by atoms with Crippen LogP contribution in [0.3, 0.4) is 0 Å². The zero-order valence-electron chi connectivity index (χ0n) is 18.9. The van der Waals surface area contributed by atoms with E-state index < -0.39 is 0 Å². The van der Waals surface area contributed by atoms with Gasteiger partial charge in [-0.15, -0.1) is 0 Å². The minimum absolute atomic E-state index is 0.0765. The highest BCUT2D eigenvalue weighted by atomic mass is 35.5. The lowest BCUT2D eigenvalue weighted by Gasteiger charge is -2.33. The van der Waals surface area contributed by atoms with Crippen molar-refractivity contribution in [1.82, 2.24) is 14.9 Å². The number of halogens is 2. The van der Waals surface area contributed by atoms with Gasteiger partial charge in [0.2, 0.25) is 5.91 Å². The normalized spacial score (nSPS) is 19.0. The van der Waals surface area contributed by atoms with E-state index in [0.29, 0.717) is 16.4 Å². The predicted octanol–water partition coefficient (Wildman–Crippen LogP) is 7.07. The van der Waals surface area contributed by atoms with Gasteiger partial charge in [0.1, 0.15) is 17.7 Å². The SMILES string of the molecule is O=C(NC1CCCCC1)C(C1CCCCC1)n1c(-c2ccc(Cl)cc2)nc2cc(F)ccc21. The van der Waals surface area contributed by atoms with E-state index in [2.05, 4.69) is 9.88 Å². The van der Waals surface area contributed by atoms with Crippen molar-refractivity contribution in [2.45, 2.75) is 76.3 Å². The molecular weight excluding hydrogens is 437 g/mol. The van der Waals surface area contributed by atoms with Crippen LogP contribution < -0.4 is 5.32 Å². The Morgan fingerprint density at radius 1 is 0.970 bits per heavy atom. The molecule has 0 aliphatic heterocycles. The molecule has 1 unspecified atom stereocenters. The van der Waals surface area contributed by atoms with E-state index in [9.17, 15) is 9.18 Å². The van der Waals surface area contributed by atoms with E-state index >= 15 is 0 Å². The van der Waals surface area contributed by atoms with Crippen molar-refractivity contribution in [3.63, 3.8) is 0 Å². The molecule has 2 aliphatic rings. The standard InChI is InChI=1S/C27H31ClFN3O/c28-20-13-11-19(12-14-20)26-31-23-17-21(29)15-16-24(23)32(26)25(18-7-3-1-4-8-18)27(33)30-22-9-5-2-6-10-22/h11-18,22,25H,1-10H2,(H,30,33). The quantitative estimate of drug-likeness (QED) is 0.436. The summed E-state index contributed by atoms with van der Waals surface area (Å²) >= 11 is 6.14. The van der Waals surface area contributed by atoms with Gasteiger partial charge in [0, 0.05) is 22.7 Å². The van der Waals surface area contributed by atoms with Crippen LogP contribution in [0, 0.1) is 11.7 Å². The zero-order chi connectivity index (χ0) is 22.8. The van der Waals surface area contributed by atoms with Crippen molar-refractivity contribution in [3.8, 4) is 11.4 Å². The van der Waals surface area contributed by atoms with Gasteiger partial charge >= 0.3 is 0 Å². The number of benzene rings is 2. The Kier molecular flexibility index (Phi) is 6.68. The first-order chi connectivity index (χ1) is 16.1. The molecule has 3 aromatic rings. The Balaban J connectivity index is 1.62. The van der Waals surface area contributed by atoms with Crippen LogP contribution in [0.25, 0.3) is 22.4 Å². The first-order valence-corrected chi connectivity index (χ1v) is 12.7. The third-order valence-corrected chi connectivity index (χ3v) is 7.60. The molecule has 0 saturated heterocycles. The Hall–Kier alpha value is -2.40. The van der Waals surface area contributed by atoms with E-state index in [1.54, 1.807) is 6.07 Å². The Labute approximate surface area is 199 Å². The van der Waals surface area contributed by atoms with Crippen molar-refractivity contribution < 1.29 is 9.18 Å². The number of aromatic nitrogens is 2. The van der Waals surface area contributed by atoms with Crippen molar-refractivity contribution in [2.75, 3.05) is 0 Å². The molecule has 0 bridgehead atoms. The zero-order valence-corrected chi connectivity index (χ0v) is 19.7. The number of carbonyl (C=O) groups excluding carboxylic acids is 1. The number of fused-ring (bicyclic) bond motifs is 1. The summed E-state index contributed by atoms with van der Waals surface area (Å²) in [6.07, 6.45) is 11.2. The molecule has 2 aliphatic carbocycles. The number of amides is 1. The molecule has 2 fully saturated rings. The average Bonchev–Trinajstić information content (AvgIpc) is 3.19. The largest absolute Gasteiger partial charge is 0.352 e. The summed E-state index contributed by atoms with van der Waals surface area (Å²) in [6.45, 7) is 0. The fourth-order valence-electron chi connectivity index (χ4n) is 5.68. The van der Waals surface area contributed by atoms with E-state index in [1.165, 1.54) is 37.8 Å². The molecule has 6 heteroatoms. The Morgan fingerprint density at radius 2 is 1.64 bits per heavy atom. The van der Waals surface area contributed by atoms with Crippen LogP contribution in [0.1, 0.15) is 70.3 Å². The molecule has 1 aromatic heterocycles. The van der Waals surface area contributed by atoms with Crippen LogP contribution in [0.2, 0.25) is 5.02 Å². The van der Waals surface area contributed by atoms with Gasteiger partial charge in [-0.1, -0.05) is 50.1 Å². The number of nitrogens with zero attached hydrogens (tertiary/aromatic N) is 2. The molecule has 1 heterocycles. The van der Waals surface area contributed by atoms with Gasteiger partial charge in [-0.3, -0.25) is 4.79 Å². The first kappa shape index (κ1) is 22.4. The molecule has 1 amide bonds. The van der Waals surface area contributed by atoms with Gasteiger partial charge in [-0.2, -0.15) is 0 Å². The minimum Gasteiger partial charge on any atom is -0.352 e. The summed E-state index contributed by atoms with van der Waals surface area (Å²) in [4.78, 5) is 18.7. The molecule has 33 heavy (non-hydrogen) atoms. The second kappa shape index (κ2) is 9.84. The maximum Gasteiger partial charge on any atom is 0.243 e. The summed E-state index contributed by atoms with van der Waals surface area (Å²) in [5.74, 6) is 0.681. The molecule has 2 saturated carbocycles. The molecule has 4 nitrogen and oxygen atoms in total. The number of nitrogens with one attached hydrogen (secondary N) is 1. The van der Waals surface area contributed by atoms with Gasteiger partial charge in [-0.05, 0) is 68.0 Å². The van der Waals surface area contributed by atoms with Gasteiger partial charge < -0.3 is 9.88 Å². The average molecular weight is 468 g/mol. The molecule has 5 rings (SSSR count). The van der Waals surface area contributed by atoms with Crippen molar-refractivity contribution >= 4 is 28.5 Å². The summed E-state index contributed by atoms with van der Waals surface area (Å²) in [5.41, 5.74) is 2.25. The van der Waals surface area contributed by atoms with E-state index in [-0.39, 0.29) is 29.7 Å². The fraction of sp³-hybridized carbons (Fsp3) is 0.481.